The van der Waals surface area contributed by atoms with Gasteiger partial charge in [0.05, 0.1) is 12.2 Å². The number of rotatable bonds is 6. The van der Waals surface area contributed by atoms with E-state index in [-0.39, 0.29) is 37.1 Å². The molecule has 1 aromatic carbocycles. The van der Waals surface area contributed by atoms with Gasteiger partial charge in [-0.3, -0.25) is 14.5 Å². The molecule has 0 atom stereocenters. The van der Waals surface area contributed by atoms with E-state index in [0.717, 1.165) is 11.3 Å². The number of hydrogen-bond acceptors (Lipinski definition) is 5. The maximum atomic E-state index is 13.5. The number of halogens is 3. The van der Waals surface area contributed by atoms with Crippen LogP contribution in [-0.2, 0) is 16.1 Å². The molecule has 2 amide bonds. The summed E-state index contributed by atoms with van der Waals surface area (Å²) in [5.41, 5.74) is 6.16. The topological polar surface area (TPSA) is 88.3 Å². The summed E-state index contributed by atoms with van der Waals surface area (Å²) in [6.45, 7) is 1.39. The first kappa shape index (κ1) is 20.3. The molecule has 10 heteroatoms. The van der Waals surface area contributed by atoms with Crippen LogP contribution in [0.2, 0.25) is 0 Å². The van der Waals surface area contributed by atoms with Crippen LogP contribution in [0, 0.1) is 11.7 Å². The highest BCUT2D eigenvalue weighted by atomic mass is 32.1. The van der Waals surface area contributed by atoms with Crippen LogP contribution in [0.3, 0.4) is 0 Å². The Labute approximate surface area is 163 Å². The first-order valence-corrected chi connectivity index (χ1v) is 9.27. The third kappa shape index (κ3) is 4.68. The van der Waals surface area contributed by atoms with Gasteiger partial charge in [-0.05, 0) is 31.2 Å². The van der Waals surface area contributed by atoms with Crippen molar-refractivity contribution in [2.24, 2.45) is 5.73 Å². The molecule has 2 aromatic rings. The van der Waals surface area contributed by atoms with Crippen LogP contribution in [0.5, 0.6) is 0 Å². The molecule has 1 radical (unpaired) electrons. The van der Waals surface area contributed by atoms with Crippen LogP contribution in [-0.4, -0.2) is 40.7 Å². The zero-order valence-corrected chi connectivity index (χ0v) is 15.8. The van der Waals surface area contributed by atoms with Crippen molar-refractivity contribution >= 4 is 28.3 Å². The van der Waals surface area contributed by atoms with E-state index in [4.69, 9.17) is 5.73 Å². The number of thiazole rings is 1. The lowest BCUT2D eigenvalue weighted by molar-refractivity contribution is -0.122. The molecule has 1 aliphatic rings. The highest BCUT2D eigenvalue weighted by molar-refractivity contribution is 7.16. The summed E-state index contributed by atoms with van der Waals surface area (Å²) in [5.74, 6) is -4.87. The number of nitrogens with zero attached hydrogens (tertiary/aromatic N) is 2. The van der Waals surface area contributed by atoms with E-state index in [1.54, 1.807) is 4.90 Å². The Morgan fingerprint density at radius 3 is 2.57 bits per heavy atom. The highest BCUT2D eigenvalue weighted by Gasteiger charge is 2.38. The van der Waals surface area contributed by atoms with Crippen molar-refractivity contribution in [3.63, 3.8) is 0 Å². The van der Waals surface area contributed by atoms with E-state index in [9.17, 15) is 22.8 Å². The average molecular weight is 411 g/mol. The number of carbonyl (C=O) groups is 2. The van der Waals surface area contributed by atoms with Gasteiger partial charge >= 0.3 is 0 Å². The fourth-order valence-corrected chi connectivity index (χ4v) is 3.81. The smallest absolute Gasteiger partial charge is 0.261 e. The number of benzene rings is 1. The lowest BCUT2D eigenvalue weighted by Gasteiger charge is -2.15. The van der Waals surface area contributed by atoms with Crippen LogP contribution in [0.4, 0.5) is 18.3 Å². The molecule has 0 unspecified atom stereocenters. The standard InChI is InChI=1S/C18H18F3N4O2S/c1-10(15(22)26)16(27)24-17-23-14(11-2-4-12(19)5-3-11)13(28-17)8-25-7-6-18(20,21)9-25/h2-5H,6-9H2,1H3,(H2,22,26)(H,23,24,27). The molecular weight excluding hydrogens is 393 g/mol. The lowest BCUT2D eigenvalue weighted by Crippen LogP contribution is -2.30. The summed E-state index contributed by atoms with van der Waals surface area (Å²) >= 11 is 1.11. The molecule has 28 heavy (non-hydrogen) atoms. The third-order valence-electron chi connectivity index (χ3n) is 4.36. The van der Waals surface area contributed by atoms with E-state index in [1.165, 1.54) is 31.2 Å². The molecule has 3 rings (SSSR count). The summed E-state index contributed by atoms with van der Waals surface area (Å²) in [7, 11) is 0. The maximum Gasteiger partial charge on any atom is 0.261 e. The van der Waals surface area contributed by atoms with Crippen molar-refractivity contribution in [1.82, 2.24) is 9.88 Å². The number of likely N-dealkylation sites (tertiary alicyclic amines) is 1. The molecule has 0 saturated carbocycles. The zero-order valence-electron chi connectivity index (χ0n) is 15.0. The number of amides is 2. The third-order valence-corrected chi connectivity index (χ3v) is 5.32. The number of primary amides is 1. The molecule has 3 N–H and O–H groups in total. The normalized spacial score (nSPS) is 16.5. The Morgan fingerprint density at radius 1 is 1.32 bits per heavy atom. The van der Waals surface area contributed by atoms with Crippen molar-refractivity contribution in [1.29, 1.82) is 0 Å². The molecule has 1 fully saturated rings. The first-order chi connectivity index (χ1) is 13.1. The van der Waals surface area contributed by atoms with Gasteiger partial charge in [0.25, 0.3) is 5.92 Å². The zero-order chi connectivity index (χ0) is 20.5. The number of alkyl halides is 2. The summed E-state index contributed by atoms with van der Waals surface area (Å²) in [5, 5.41) is 2.70. The SMILES string of the molecule is C[C](C(N)=O)C(=O)Nc1nc(-c2ccc(F)cc2)c(CN2CCC(F)(F)C2)s1. The number of hydrogen-bond donors (Lipinski definition) is 2. The van der Waals surface area contributed by atoms with Crippen LogP contribution < -0.4 is 11.1 Å². The van der Waals surface area contributed by atoms with Crippen molar-refractivity contribution in [2.75, 3.05) is 18.4 Å². The molecule has 1 aromatic heterocycles. The molecule has 0 bridgehead atoms. The van der Waals surface area contributed by atoms with Crippen molar-refractivity contribution < 1.29 is 22.8 Å². The monoisotopic (exact) mass is 411 g/mol. The second-order valence-corrected chi connectivity index (χ2v) is 7.64. The Hall–Kier alpha value is -2.46. The Balaban J connectivity index is 1.87. The van der Waals surface area contributed by atoms with Crippen molar-refractivity contribution in [3.8, 4) is 11.3 Å². The maximum absolute atomic E-state index is 13.5. The Bertz CT molecular complexity index is 885. The minimum Gasteiger partial charge on any atom is -0.369 e. The van der Waals surface area contributed by atoms with Gasteiger partial charge in [-0.15, -0.1) is 0 Å². The van der Waals surface area contributed by atoms with Crippen molar-refractivity contribution in [3.05, 3.63) is 40.9 Å². The number of nitrogens with one attached hydrogen (secondary N) is 1. The van der Waals surface area contributed by atoms with E-state index < -0.39 is 23.6 Å². The quantitative estimate of drug-likeness (QED) is 0.716. The number of anilines is 1. The van der Waals surface area contributed by atoms with E-state index in [0.29, 0.717) is 16.1 Å². The van der Waals surface area contributed by atoms with E-state index in [1.807, 2.05) is 0 Å². The van der Waals surface area contributed by atoms with E-state index >= 15 is 0 Å². The van der Waals surface area contributed by atoms with Crippen LogP contribution in [0.15, 0.2) is 24.3 Å². The van der Waals surface area contributed by atoms with Gasteiger partial charge in [0.2, 0.25) is 11.8 Å². The fraction of sp³-hybridized carbons (Fsp3) is 0.333. The molecule has 0 aliphatic carbocycles. The summed E-state index contributed by atoms with van der Waals surface area (Å²) < 4.78 is 40.3. The number of carbonyl (C=O) groups excluding carboxylic acids is 2. The van der Waals surface area contributed by atoms with Crippen LogP contribution >= 0.6 is 11.3 Å². The predicted octanol–water partition coefficient (Wildman–Crippen LogP) is 2.81. The first-order valence-electron chi connectivity index (χ1n) is 8.45. The summed E-state index contributed by atoms with van der Waals surface area (Å²) in [6.07, 6.45) is -0.214. The molecule has 0 spiro atoms. The number of nitrogens with two attached hydrogens (primary N) is 1. The molecule has 6 nitrogen and oxygen atoms in total. The van der Waals surface area contributed by atoms with Gasteiger partial charge < -0.3 is 11.1 Å². The number of aromatic nitrogens is 1. The van der Waals surface area contributed by atoms with E-state index in [2.05, 4.69) is 10.3 Å². The van der Waals surface area contributed by atoms with Gasteiger partial charge in [0, 0.05) is 30.0 Å². The molecule has 149 valence electrons. The summed E-state index contributed by atoms with van der Waals surface area (Å²) in [6, 6.07) is 5.59. The molecule has 1 saturated heterocycles. The molecular formula is C18H18F3N4O2S. The largest absolute Gasteiger partial charge is 0.369 e. The second-order valence-electron chi connectivity index (χ2n) is 6.56. The lowest BCUT2D eigenvalue weighted by atomic mass is 10.1. The van der Waals surface area contributed by atoms with Crippen LogP contribution in [0.25, 0.3) is 11.3 Å². The Kier molecular flexibility index (Phi) is 5.71. The highest BCUT2D eigenvalue weighted by Crippen LogP contribution is 2.35. The van der Waals surface area contributed by atoms with Gasteiger partial charge in [-0.25, -0.2) is 18.2 Å². The second kappa shape index (κ2) is 7.88. The van der Waals surface area contributed by atoms with Gasteiger partial charge in [-0.1, -0.05) is 11.3 Å². The minimum absolute atomic E-state index is 0.181. The minimum atomic E-state index is -2.73. The van der Waals surface area contributed by atoms with Gasteiger partial charge in [-0.2, -0.15) is 0 Å². The molecule has 1 aliphatic heterocycles. The predicted molar refractivity (Wildman–Crippen MR) is 99.1 cm³/mol. The Morgan fingerprint density at radius 2 is 2.00 bits per heavy atom. The van der Waals surface area contributed by atoms with Gasteiger partial charge in [0.15, 0.2) is 5.13 Å². The van der Waals surface area contributed by atoms with Crippen LogP contribution in [0.1, 0.15) is 18.2 Å². The van der Waals surface area contributed by atoms with Gasteiger partial charge in [0.1, 0.15) is 11.7 Å². The summed E-state index contributed by atoms with van der Waals surface area (Å²) in [4.78, 5) is 29.8. The fourth-order valence-electron chi connectivity index (χ4n) is 2.79. The van der Waals surface area contributed by atoms with Crippen molar-refractivity contribution in [2.45, 2.75) is 25.8 Å². The molecule has 2 heterocycles. The average Bonchev–Trinajstić information content (AvgIpc) is 3.17.